The predicted molar refractivity (Wildman–Crippen MR) is 71.5 cm³/mol. The maximum absolute atomic E-state index is 12.0. The van der Waals surface area contributed by atoms with Crippen molar-refractivity contribution in [2.45, 2.75) is 19.8 Å². The first-order valence-electron chi connectivity index (χ1n) is 6.39. The van der Waals surface area contributed by atoms with Crippen molar-refractivity contribution >= 4 is 11.6 Å². The Labute approximate surface area is 108 Å². The van der Waals surface area contributed by atoms with Gasteiger partial charge in [0.2, 0.25) is 0 Å². The van der Waals surface area contributed by atoms with E-state index in [-0.39, 0.29) is 5.91 Å². The van der Waals surface area contributed by atoms with Crippen LogP contribution in [0, 0.1) is 12.8 Å². The summed E-state index contributed by atoms with van der Waals surface area (Å²) >= 11 is 0. The highest BCUT2D eigenvalue weighted by atomic mass is 16.5. The molecule has 1 heterocycles. The smallest absolute Gasteiger partial charge is 0.251 e. The number of rotatable bonds is 4. The molecule has 1 saturated heterocycles. The number of carbonyl (C=O) groups is 1. The molecule has 0 radical (unpaired) electrons. The number of nitrogen functional groups attached to an aromatic ring is 1. The number of nitrogens with one attached hydrogen (secondary N) is 1. The van der Waals surface area contributed by atoms with Crippen molar-refractivity contribution in [1.82, 2.24) is 5.32 Å². The summed E-state index contributed by atoms with van der Waals surface area (Å²) < 4.78 is 5.30. The Morgan fingerprint density at radius 3 is 3.11 bits per heavy atom. The highest BCUT2D eigenvalue weighted by Crippen LogP contribution is 2.17. The molecule has 18 heavy (non-hydrogen) atoms. The van der Waals surface area contributed by atoms with Gasteiger partial charge < -0.3 is 15.8 Å². The van der Waals surface area contributed by atoms with Crippen LogP contribution in [0.2, 0.25) is 0 Å². The van der Waals surface area contributed by atoms with E-state index in [1.54, 1.807) is 6.07 Å². The van der Waals surface area contributed by atoms with E-state index in [9.17, 15) is 4.79 Å². The normalized spacial score (nSPS) is 18.8. The Bertz CT molecular complexity index is 426. The molecule has 0 spiro atoms. The molecule has 0 bridgehead atoms. The number of nitrogens with two attached hydrogens (primary N) is 1. The molecule has 1 unspecified atom stereocenters. The highest BCUT2D eigenvalue weighted by Gasteiger charge is 2.16. The van der Waals surface area contributed by atoms with Gasteiger partial charge in [-0.15, -0.1) is 0 Å². The largest absolute Gasteiger partial charge is 0.398 e. The summed E-state index contributed by atoms with van der Waals surface area (Å²) in [5.41, 5.74) is 7.96. The molecule has 0 saturated carbocycles. The zero-order valence-electron chi connectivity index (χ0n) is 10.7. The van der Waals surface area contributed by atoms with Crippen molar-refractivity contribution in [2.24, 2.45) is 5.92 Å². The molecular weight excluding hydrogens is 228 g/mol. The van der Waals surface area contributed by atoms with Crippen LogP contribution in [0.3, 0.4) is 0 Å². The Hall–Kier alpha value is -1.55. The molecular formula is C14H20N2O2. The third kappa shape index (κ3) is 3.01. The van der Waals surface area contributed by atoms with Crippen LogP contribution in [0.25, 0.3) is 0 Å². The summed E-state index contributed by atoms with van der Waals surface area (Å²) in [6, 6.07) is 5.42. The number of benzene rings is 1. The summed E-state index contributed by atoms with van der Waals surface area (Å²) in [6.45, 7) is 4.25. The monoisotopic (exact) mass is 248 g/mol. The first-order valence-corrected chi connectivity index (χ1v) is 6.39. The predicted octanol–water partition coefficient (Wildman–Crippen LogP) is 1.73. The number of ether oxygens (including phenoxy) is 1. The molecule has 1 aliphatic rings. The maximum atomic E-state index is 12.0. The molecule has 1 aromatic rings. The first kappa shape index (κ1) is 12.9. The summed E-state index contributed by atoms with van der Waals surface area (Å²) in [6.07, 6.45) is 2.08. The molecule has 0 aromatic heterocycles. The fourth-order valence-corrected chi connectivity index (χ4v) is 2.20. The molecule has 1 aromatic carbocycles. The lowest BCUT2D eigenvalue weighted by Crippen LogP contribution is -2.26. The third-order valence-electron chi connectivity index (χ3n) is 3.48. The van der Waals surface area contributed by atoms with Crippen LogP contribution < -0.4 is 11.1 Å². The second-order valence-electron chi connectivity index (χ2n) is 4.79. The van der Waals surface area contributed by atoms with E-state index in [4.69, 9.17) is 10.5 Å². The molecule has 1 aliphatic heterocycles. The third-order valence-corrected chi connectivity index (χ3v) is 3.48. The number of amides is 1. The van der Waals surface area contributed by atoms with Crippen molar-refractivity contribution in [3.63, 3.8) is 0 Å². The van der Waals surface area contributed by atoms with E-state index >= 15 is 0 Å². The molecule has 1 atom stereocenters. The van der Waals surface area contributed by atoms with Crippen LogP contribution in [0.15, 0.2) is 18.2 Å². The van der Waals surface area contributed by atoms with Crippen LogP contribution >= 0.6 is 0 Å². The van der Waals surface area contributed by atoms with E-state index in [1.807, 2.05) is 19.1 Å². The summed E-state index contributed by atoms with van der Waals surface area (Å²) in [4.78, 5) is 12.0. The highest BCUT2D eigenvalue weighted by molar-refractivity contribution is 5.96. The lowest BCUT2D eigenvalue weighted by molar-refractivity contribution is 0.0950. The zero-order valence-corrected chi connectivity index (χ0v) is 10.7. The second-order valence-corrected chi connectivity index (χ2v) is 4.79. The van der Waals surface area contributed by atoms with Gasteiger partial charge in [0.05, 0.1) is 0 Å². The zero-order chi connectivity index (χ0) is 13.0. The summed E-state index contributed by atoms with van der Waals surface area (Å²) in [5.74, 6) is 0.547. The van der Waals surface area contributed by atoms with Gasteiger partial charge in [-0.05, 0) is 43.4 Å². The topological polar surface area (TPSA) is 64.4 Å². The quantitative estimate of drug-likeness (QED) is 0.798. The van der Waals surface area contributed by atoms with E-state index < -0.39 is 0 Å². The molecule has 1 amide bonds. The maximum Gasteiger partial charge on any atom is 0.251 e. The molecule has 98 valence electrons. The van der Waals surface area contributed by atoms with E-state index in [1.165, 1.54) is 0 Å². The van der Waals surface area contributed by atoms with Crippen molar-refractivity contribution in [1.29, 1.82) is 0 Å². The minimum absolute atomic E-state index is 0.0429. The SMILES string of the molecule is Cc1c(N)cccc1C(=O)NCCC1CCOC1. The van der Waals surface area contributed by atoms with Gasteiger partial charge in [0.1, 0.15) is 0 Å². The average Bonchev–Trinajstić information content (AvgIpc) is 2.85. The molecule has 3 N–H and O–H groups in total. The van der Waals surface area contributed by atoms with E-state index in [0.717, 1.165) is 31.6 Å². The minimum atomic E-state index is -0.0429. The van der Waals surface area contributed by atoms with Gasteiger partial charge in [-0.25, -0.2) is 0 Å². The average molecular weight is 248 g/mol. The van der Waals surface area contributed by atoms with Crippen molar-refractivity contribution < 1.29 is 9.53 Å². The molecule has 2 rings (SSSR count). The van der Waals surface area contributed by atoms with E-state index in [2.05, 4.69) is 5.32 Å². The van der Waals surface area contributed by atoms with Crippen LogP contribution in [0.4, 0.5) is 5.69 Å². The lowest BCUT2D eigenvalue weighted by atomic mass is 10.0. The van der Waals surface area contributed by atoms with Crippen molar-refractivity contribution in [2.75, 3.05) is 25.5 Å². The Balaban J connectivity index is 1.85. The van der Waals surface area contributed by atoms with Gasteiger partial charge in [0.15, 0.2) is 0 Å². The fourth-order valence-electron chi connectivity index (χ4n) is 2.20. The van der Waals surface area contributed by atoms with Gasteiger partial charge in [0.25, 0.3) is 5.91 Å². The first-order chi connectivity index (χ1) is 8.68. The standard InChI is InChI=1S/C14H20N2O2/c1-10-12(3-2-4-13(10)15)14(17)16-7-5-11-6-8-18-9-11/h2-4,11H,5-9,15H2,1H3,(H,16,17). The number of hydrogen-bond donors (Lipinski definition) is 2. The Morgan fingerprint density at radius 1 is 1.56 bits per heavy atom. The van der Waals surface area contributed by atoms with Gasteiger partial charge >= 0.3 is 0 Å². The van der Waals surface area contributed by atoms with Crippen molar-refractivity contribution in [3.05, 3.63) is 29.3 Å². The molecule has 1 fully saturated rings. The minimum Gasteiger partial charge on any atom is -0.398 e. The number of hydrogen-bond acceptors (Lipinski definition) is 3. The molecule has 4 nitrogen and oxygen atoms in total. The van der Waals surface area contributed by atoms with Gasteiger partial charge in [-0.3, -0.25) is 4.79 Å². The van der Waals surface area contributed by atoms with Crippen LogP contribution in [-0.2, 0) is 4.74 Å². The Kier molecular flexibility index (Phi) is 4.20. The molecule has 0 aliphatic carbocycles. The van der Waals surface area contributed by atoms with Crippen LogP contribution in [-0.4, -0.2) is 25.7 Å². The van der Waals surface area contributed by atoms with Gasteiger partial charge in [-0.2, -0.15) is 0 Å². The summed E-state index contributed by atoms with van der Waals surface area (Å²) in [7, 11) is 0. The Morgan fingerprint density at radius 2 is 2.39 bits per heavy atom. The number of carbonyl (C=O) groups excluding carboxylic acids is 1. The van der Waals surface area contributed by atoms with E-state index in [0.29, 0.717) is 23.7 Å². The van der Waals surface area contributed by atoms with Crippen LogP contribution in [0.5, 0.6) is 0 Å². The fraction of sp³-hybridized carbons (Fsp3) is 0.500. The summed E-state index contributed by atoms with van der Waals surface area (Å²) in [5, 5.41) is 2.94. The molecule has 4 heteroatoms. The van der Waals surface area contributed by atoms with Gasteiger partial charge in [0, 0.05) is 31.0 Å². The number of anilines is 1. The second kappa shape index (κ2) is 5.87. The van der Waals surface area contributed by atoms with Crippen LogP contribution in [0.1, 0.15) is 28.8 Å². The van der Waals surface area contributed by atoms with Crippen molar-refractivity contribution in [3.8, 4) is 0 Å². The lowest BCUT2D eigenvalue weighted by Gasteiger charge is -2.11. The van der Waals surface area contributed by atoms with Gasteiger partial charge in [-0.1, -0.05) is 6.07 Å².